The summed E-state index contributed by atoms with van der Waals surface area (Å²) in [6.07, 6.45) is -4.37. The molecule has 0 spiro atoms. The van der Waals surface area contributed by atoms with Crippen LogP contribution in [0.15, 0.2) is 0 Å². The SMILES string of the molecule is CN(CC(F)(F)F)C(=O)COC1(C)CNC1. The number of hydrogen-bond acceptors (Lipinski definition) is 3. The number of carbonyl (C=O) groups excluding carboxylic acids is 1. The quantitative estimate of drug-likeness (QED) is 0.772. The Labute approximate surface area is 91.7 Å². The molecule has 4 nitrogen and oxygen atoms in total. The predicted octanol–water partition coefficient (Wildman–Crippen LogP) is 0.386. The number of ether oxygens (including phenoxy) is 1. The van der Waals surface area contributed by atoms with E-state index in [0.717, 1.165) is 7.05 Å². The van der Waals surface area contributed by atoms with Gasteiger partial charge in [-0.15, -0.1) is 0 Å². The molecule has 1 heterocycles. The van der Waals surface area contributed by atoms with E-state index in [0.29, 0.717) is 18.0 Å². The van der Waals surface area contributed by atoms with Crippen LogP contribution in [0.25, 0.3) is 0 Å². The number of likely N-dealkylation sites (N-methyl/N-ethyl adjacent to an activating group) is 1. The van der Waals surface area contributed by atoms with E-state index in [2.05, 4.69) is 5.32 Å². The van der Waals surface area contributed by atoms with Gasteiger partial charge in [0.1, 0.15) is 13.2 Å². The first kappa shape index (κ1) is 13.2. The molecule has 1 aliphatic heterocycles. The van der Waals surface area contributed by atoms with E-state index in [-0.39, 0.29) is 6.61 Å². The van der Waals surface area contributed by atoms with Gasteiger partial charge in [0.05, 0.1) is 5.60 Å². The Morgan fingerprint density at radius 1 is 1.50 bits per heavy atom. The molecule has 1 saturated heterocycles. The minimum Gasteiger partial charge on any atom is -0.363 e. The summed E-state index contributed by atoms with van der Waals surface area (Å²) in [5, 5.41) is 2.96. The van der Waals surface area contributed by atoms with Crippen LogP contribution in [0.1, 0.15) is 6.92 Å². The summed E-state index contributed by atoms with van der Waals surface area (Å²) in [5.74, 6) is -0.662. The number of carbonyl (C=O) groups is 1. The molecule has 0 aliphatic carbocycles. The fraction of sp³-hybridized carbons (Fsp3) is 0.889. The van der Waals surface area contributed by atoms with Crippen LogP contribution in [0, 0.1) is 0 Å². The molecule has 0 aromatic rings. The largest absolute Gasteiger partial charge is 0.406 e. The van der Waals surface area contributed by atoms with Crippen molar-refractivity contribution in [3.05, 3.63) is 0 Å². The van der Waals surface area contributed by atoms with E-state index in [1.54, 1.807) is 6.92 Å². The Hall–Kier alpha value is -0.820. The summed E-state index contributed by atoms with van der Waals surface area (Å²) in [6, 6.07) is 0. The average Bonchev–Trinajstić information content (AvgIpc) is 2.08. The summed E-state index contributed by atoms with van der Waals surface area (Å²) in [7, 11) is 1.11. The van der Waals surface area contributed by atoms with Crippen LogP contribution in [0.4, 0.5) is 13.2 Å². The minimum atomic E-state index is -4.37. The molecule has 7 heteroatoms. The third-order valence-electron chi connectivity index (χ3n) is 2.38. The van der Waals surface area contributed by atoms with E-state index < -0.39 is 24.2 Å². The van der Waals surface area contributed by atoms with Crippen molar-refractivity contribution >= 4 is 5.91 Å². The second-order valence-electron chi connectivity index (χ2n) is 4.21. The van der Waals surface area contributed by atoms with Gasteiger partial charge in [-0.3, -0.25) is 4.79 Å². The molecule has 0 bridgehead atoms. The number of hydrogen-bond donors (Lipinski definition) is 1. The number of nitrogens with one attached hydrogen (secondary N) is 1. The van der Waals surface area contributed by atoms with Crippen molar-refractivity contribution in [2.45, 2.75) is 18.7 Å². The van der Waals surface area contributed by atoms with E-state index >= 15 is 0 Å². The highest BCUT2D eigenvalue weighted by Crippen LogP contribution is 2.17. The molecule has 0 aromatic carbocycles. The number of nitrogens with zero attached hydrogens (tertiary/aromatic N) is 1. The first-order chi connectivity index (χ1) is 7.22. The lowest BCUT2D eigenvalue weighted by Crippen LogP contribution is -2.59. The molecule has 0 unspecified atom stereocenters. The van der Waals surface area contributed by atoms with Gasteiger partial charge in [-0.1, -0.05) is 0 Å². The highest BCUT2D eigenvalue weighted by Gasteiger charge is 2.35. The van der Waals surface area contributed by atoms with Crippen molar-refractivity contribution in [3.63, 3.8) is 0 Å². The predicted molar refractivity (Wildman–Crippen MR) is 50.9 cm³/mol. The van der Waals surface area contributed by atoms with Crippen LogP contribution in [0.5, 0.6) is 0 Å². The van der Waals surface area contributed by atoms with Crippen LogP contribution in [-0.4, -0.2) is 55.9 Å². The van der Waals surface area contributed by atoms with Gasteiger partial charge in [0.15, 0.2) is 0 Å². The van der Waals surface area contributed by atoms with Crippen molar-refractivity contribution in [2.24, 2.45) is 0 Å². The second-order valence-corrected chi connectivity index (χ2v) is 4.21. The van der Waals surface area contributed by atoms with Crippen LogP contribution >= 0.6 is 0 Å². The zero-order chi connectivity index (χ0) is 12.4. The van der Waals surface area contributed by atoms with E-state index in [1.807, 2.05) is 0 Å². The zero-order valence-corrected chi connectivity index (χ0v) is 9.23. The van der Waals surface area contributed by atoms with Crippen molar-refractivity contribution in [2.75, 3.05) is 33.3 Å². The van der Waals surface area contributed by atoms with Crippen LogP contribution < -0.4 is 5.32 Å². The third kappa shape index (κ3) is 3.97. The van der Waals surface area contributed by atoms with Gasteiger partial charge >= 0.3 is 6.18 Å². The highest BCUT2D eigenvalue weighted by molar-refractivity contribution is 5.77. The normalized spacial score (nSPS) is 19.1. The maximum Gasteiger partial charge on any atom is 0.406 e. The lowest BCUT2D eigenvalue weighted by atomic mass is 10.0. The Morgan fingerprint density at radius 3 is 2.44 bits per heavy atom. The lowest BCUT2D eigenvalue weighted by Gasteiger charge is -2.39. The second kappa shape index (κ2) is 4.58. The average molecular weight is 240 g/mol. The molecule has 1 fully saturated rings. The number of amides is 1. The van der Waals surface area contributed by atoms with Gasteiger partial charge in [-0.05, 0) is 6.92 Å². The Balaban J connectivity index is 2.29. The standard InChI is InChI=1S/C9H15F3N2O2/c1-8(4-13-5-8)16-3-7(15)14(2)6-9(10,11)12/h13H,3-6H2,1-2H3. The topological polar surface area (TPSA) is 41.6 Å². The van der Waals surface area contributed by atoms with Gasteiger partial charge in [0, 0.05) is 20.1 Å². The molecule has 1 N–H and O–H groups in total. The van der Waals surface area contributed by atoms with Gasteiger partial charge in [-0.25, -0.2) is 0 Å². The van der Waals surface area contributed by atoms with Gasteiger partial charge in [0.2, 0.25) is 5.91 Å². The van der Waals surface area contributed by atoms with Crippen molar-refractivity contribution in [3.8, 4) is 0 Å². The van der Waals surface area contributed by atoms with Crippen molar-refractivity contribution < 1.29 is 22.7 Å². The summed E-state index contributed by atoms with van der Waals surface area (Å²) < 4.78 is 41.2. The fourth-order valence-electron chi connectivity index (χ4n) is 1.28. The van der Waals surface area contributed by atoms with E-state index in [1.165, 1.54) is 0 Å². The minimum absolute atomic E-state index is 0.315. The van der Waals surface area contributed by atoms with Crippen LogP contribution in [0.2, 0.25) is 0 Å². The summed E-state index contributed by atoms with van der Waals surface area (Å²) in [4.78, 5) is 11.9. The van der Waals surface area contributed by atoms with Gasteiger partial charge in [-0.2, -0.15) is 13.2 Å². The Bertz CT molecular complexity index is 264. The molecule has 94 valence electrons. The number of rotatable bonds is 4. The molecule has 0 saturated carbocycles. The summed E-state index contributed by atoms with van der Waals surface area (Å²) in [6.45, 7) is 1.47. The molecule has 16 heavy (non-hydrogen) atoms. The molecule has 0 radical (unpaired) electrons. The number of alkyl halides is 3. The Kier molecular flexibility index (Phi) is 3.80. The van der Waals surface area contributed by atoms with Crippen LogP contribution in [0.3, 0.4) is 0 Å². The third-order valence-corrected chi connectivity index (χ3v) is 2.38. The molecule has 1 rings (SSSR count). The highest BCUT2D eigenvalue weighted by atomic mass is 19.4. The maximum absolute atomic E-state index is 12.0. The summed E-state index contributed by atoms with van der Waals surface area (Å²) >= 11 is 0. The monoisotopic (exact) mass is 240 g/mol. The van der Waals surface area contributed by atoms with Crippen LogP contribution in [-0.2, 0) is 9.53 Å². The molecule has 1 amide bonds. The molecular weight excluding hydrogens is 225 g/mol. The first-order valence-electron chi connectivity index (χ1n) is 4.87. The number of halogens is 3. The first-order valence-corrected chi connectivity index (χ1v) is 4.87. The van der Waals surface area contributed by atoms with Crippen molar-refractivity contribution in [1.82, 2.24) is 10.2 Å². The van der Waals surface area contributed by atoms with Gasteiger partial charge in [0.25, 0.3) is 0 Å². The Morgan fingerprint density at radius 2 is 2.06 bits per heavy atom. The van der Waals surface area contributed by atoms with Gasteiger partial charge < -0.3 is 15.0 Å². The van der Waals surface area contributed by atoms with Crippen molar-refractivity contribution in [1.29, 1.82) is 0 Å². The lowest BCUT2D eigenvalue weighted by molar-refractivity contribution is -0.165. The zero-order valence-electron chi connectivity index (χ0n) is 9.23. The fourth-order valence-corrected chi connectivity index (χ4v) is 1.28. The molecule has 0 atom stereocenters. The maximum atomic E-state index is 12.0. The molecule has 1 aliphatic rings. The van der Waals surface area contributed by atoms with E-state index in [4.69, 9.17) is 4.74 Å². The van der Waals surface area contributed by atoms with E-state index in [9.17, 15) is 18.0 Å². The molecule has 0 aromatic heterocycles. The molecular formula is C9H15F3N2O2. The smallest absolute Gasteiger partial charge is 0.363 e. The summed E-state index contributed by atoms with van der Waals surface area (Å²) in [5.41, 5.74) is -0.422.